The molecule has 1 aliphatic rings. The summed E-state index contributed by atoms with van der Waals surface area (Å²) >= 11 is 0. The Morgan fingerprint density at radius 3 is 2.23 bits per heavy atom. The molecule has 2 rings (SSSR count). The molecular weight excluding hydrogens is 348 g/mol. The number of carbonyl (C=O) groups is 1. The molecule has 1 fully saturated rings. The van der Waals surface area contributed by atoms with Crippen LogP contribution in [0.15, 0.2) is 23.1 Å². The van der Waals surface area contributed by atoms with Gasteiger partial charge in [-0.05, 0) is 62.8 Å². The van der Waals surface area contributed by atoms with E-state index in [1.165, 1.54) is 4.31 Å². The molecule has 0 spiro atoms. The van der Waals surface area contributed by atoms with Crippen LogP contribution in [-0.2, 0) is 14.8 Å². The lowest BCUT2D eigenvalue weighted by Crippen LogP contribution is -2.45. The van der Waals surface area contributed by atoms with E-state index >= 15 is 0 Å². The molecule has 0 unspecified atom stereocenters. The first-order valence-corrected chi connectivity index (χ1v) is 11.0. The molecule has 26 heavy (non-hydrogen) atoms. The maximum atomic E-state index is 12.9. The standard InChI is InChI=1S/C20H32N2O3S/c1-6-18(7-2)21(5)20(23)17-10-12-22(13-11-17)26(24,25)19-9-8-15(3)16(4)14-19/h8-9,14,17-18H,6-7,10-13H2,1-5H3. The Morgan fingerprint density at radius 2 is 1.73 bits per heavy atom. The van der Waals surface area contributed by atoms with Crippen LogP contribution in [0.1, 0.15) is 50.7 Å². The van der Waals surface area contributed by atoms with Crippen molar-refractivity contribution in [2.24, 2.45) is 5.92 Å². The third-order valence-electron chi connectivity index (χ3n) is 5.76. The van der Waals surface area contributed by atoms with E-state index in [2.05, 4.69) is 13.8 Å². The Labute approximate surface area is 158 Å². The highest BCUT2D eigenvalue weighted by atomic mass is 32.2. The monoisotopic (exact) mass is 380 g/mol. The number of rotatable bonds is 6. The molecule has 0 radical (unpaired) electrons. The zero-order valence-electron chi connectivity index (χ0n) is 16.7. The van der Waals surface area contributed by atoms with Gasteiger partial charge in [0.15, 0.2) is 0 Å². The van der Waals surface area contributed by atoms with Crippen LogP contribution in [0.5, 0.6) is 0 Å². The first-order valence-electron chi connectivity index (χ1n) is 9.56. The molecule has 146 valence electrons. The maximum Gasteiger partial charge on any atom is 0.243 e. The number of piperidine rings is 1. The van der Waals surface area contributed by atoms with E-state index in [9.17, 15) is 13.2 Å². The third-order valence-corrected chi connectivity index (χ3v) is 7.65. The fraction of sp³-hybridized carbons (Fsp3) is 0.650. The summed E-state index contributed by atoms with van der Waals surface area (Å²) in [6.45, 7) is 8.89. The molecule has 1 aromatic carbocycles. The van der Waals surface area contributed by atoms with Crippen molar-refractivity contribution in [3.05, 3.63) is 29.3 Å². The number of benzene rings is 1. The lowest BCUT2D eigenvalue weighted by atomic mass is 9.95. The van der Waals surface area contributed by atoms with Crippen LogP contribution in [0, 0.1) is 19.8 Å². The van der Waals surface area contributed by atoms with Crippen molar-refractivity contribution in [2.45, 2.75) is 64.3 Å². The largest absolute Gasteiger partial charge is 0.343 e. The van der Waals surface area contributed by atoms with E-state index in [1.54, 1.807) is 12.1 Å². The second-order valence-electron chi connectivity index (χ2n) is 7.34. The zero-order chi connectivity index (χ0) is 19.5. The third kappa shape index (κ3) is 4.29. The summed E-state index contributed by atoms with van der Waals surface area (Å²) in [4.78, 5) is 14.9. The summed E-state index contributed by atoms with van der Waals surface area (Å²) in [7, 11) is -1.61. The highest BCUT2D eigenvalue weighted by molar-refractivity contribution is 7.89. The van der Waals surface area contributed by atoms with E-state index < -0.39 is 10.0 Å². The van der Waals surface area contributed by atoms with E-state index in [1.807, 2.05) is 31.9 Å². The van der Waals surface area contributed by atoms with Gasteiger partial charge >= 0.3 is 0 Å². The first-order chi connectivity index (χ1) is 12.2. The van der Waals surface area contributed by atoms with Crippen LogP contribution in [0.3, 0.4) is 0 Å². The molecule has 0 aliphatic carbocycles. The minimum absolute atomic E-state index is 0.0770. The van der Waals surface area contributed by atoms with Gasteiger partial charge in [0, 0.05) is 32.1 Å². The molecule has 0 bridgehead atoms. The SMILES string of the molecule is CCC(CC)N(C)C(=O)C1CCN(S(=O)(=O)c2ccc(C)c(C)c2)CC1. The van der Waals surface area contributed by atoms with E-state index in [4.69, 9.17) is 0 Å². The molecule has 5 nitrogen and oxygen atoms in total. The van der Waals surface area contributed by atoms with Gasteiger partial charge in [-0.1, -0.05) is 19.9 Å². The highest BCUT2D eigenvalue weighted by Gasteiger charge is 2.34. The first kappa shape index (κ1) is 20.9. The van der Waals surface area contributed by atoms with E-state index in [-0.39, 0.29) is 17.9 Å². The van der Waals surface area contributed by atoms with E-state index in [0.29, 0.717) is 30.8 Å². The number of carbonyl (C=O) groups excluding carboxylic acids is 1. The molecule has 6 heteroatoms. The van der Waals surface area contributed by atoms with Crippen LogP contribution < -0.4 is 0 Å². The van der Waals surface area contributed by atoms with Crippen molar-refractivity contribution < 1.29 is 13.2 Å². The normalized spacial score (nSPS) is 16.8. The minimum atomic E-state index is -3.49. The van der Waals surface area contributed by atoms with Gasteiger partial charge in [-0.3, -0.25) is 4.79 Å². The summed E-state index contributed by atoms with van der Waals surface area (Å²) in [5.74, 6) is 0.0775. The van der Waals surface area contributed by atoms with Crippen molar-refractivity contribution in [1.82, 2.24) is 9.21 Å². The van der Waals surface area contributed by atoms with Gasteiger partial charge in [-0.25, -0.2) is 8.42 Å². The minimum Gasteiger partial charge on any atom is -0.343 e. The Bertz CT molecular complexity index is 733. The van der Waals surface area contributed by atoms with Crippen LogP contribution in [-0.4, -0.2) is 49.7 Å². The van der Waals surface area contributed by atoms with Gasteiger partial charge in [-0.2, -0.15) is 4.31 Å². The molecular formula is C20H32N2O3S. The fourth-order valence-electron chi connectivity index (χ4n) is 3.67. The van der Waals surface area contributed by atoms with Crippen molar-refractivity contribution >= 4 is 15.9 Å². The van der Waals surface area contributed by atoms with E-state index in [0.717, 1.165) is 24.0 Å². The molecule has 1 aromatic rings. The number of nitrogens with zero attached hydrogens (tertiary/aromatic N) is 2. The zero-order valence-corrected chi connectivity index (χ0v) is 17.5. The van der Waals surface area contributed by atoms with Gasteiger partial charge in [0.2, 0.25) is 15.9 Å². The summed E-state index contributed by atoms with van der Waals surface area (Å²) < 4.78 is 27.3. The summed E-state index contributed by atoms with van der Waals surface area (Å²) in [6, 6.07) is 5.53. The van der Waals surface area contributed by atoms with Crippen LogP contribution in [0.4, 0.5) is 0 Å². The fourth-order valence-corrected chi connectivity index (χ4v) is 5.23. The molecule has 1 heterocycles. The predicted molar refractivity (Wildman–Crippen MR) is 105 cm³/mol. The average Bonchev–Trinajstić information content (AvgIpc) is 2.64. The number of sulfonamides is 1. The quantitative estimate of drug-likeness (QED) is 0.760. The molecule has 1 saturated heterocycles. The molecule has 0 saturated carbocycles. The second-order valence-corrected chi connectivity index (χ2v) is 9.28. The Morgan fingerprint density at radius 1 is 1.15 bits per heavy atom. The smallest absolute Gasteiger partial charge is 0.243 e. The van der Waals surface area contributed by atoms with Crippen molar-refractivity contribution in [2.75, 3.05) is 20.1 Å². The molecule has 1 aliphatic heterocycles. The van der Waals surface area contributed by atoms with Gasteiger partial charge < -0.3 is 4.90 Å². The lowest BCUT2D eigenvalue weighted by molar-refractivity contribution is -0.137. The van der Waals surface area contributed by atoms with Crippen LogP contribution in [0.2, 0.25) is 0 Å². The number of hydrogen-bond acceptors (Lipinski definition) is 3. The van der Waals surface area contributed by atoms with Gasteiger partial charge in [-0.15, -0.1) is 0 Å². The molecule has 0 N–H and O–H groups in total. The Balaban J connectivity index is 2.05. The molecule has 0 aromatic heterocycles. The molecule has 0 atom stereocenters. The summed E-state index contributed by atoms with van der Waals surface area (Å²) in [5.41, 5.74) is 2.06. The maximum absolute atomic E-state index is 12.9. The van der Waals surface area contributed by atoms with Crippen molar-refractivity contribution in [3.8, 4) is 0 Å². The Kier molecular flexibility index (Phi) is 6.86. The predicted octanol–water partition coefficient (Wildman–Crippen LogP) is 3.35. The highest BCUT2D eigenvalue weighted by Crippen LogP contribution is 2.26. The average molecular weight is 381 g/mol. The van der Waals surface area contributed by atoms with Crippen LogP contribution >= 0.6 is 0 Å². The topological polar surface area (TPSA) is 57.7 Å². The van der Waals surface area contributed by atoms with Gasteiger partial charge in [0.1, 0.15) is 0 Å². The van der Waals surface area contributed by atoms with Crippen LogP contribution in [0.25, 0.3) is 0 Å². The summed E-state index contributed by atoms with van der Waals surface area (Å²) in [5, 5.41) is 0. The lowest BCUT2D eigenvalue weighted by Gasteiger charge is -2.35. The number of hydrogen-bond donors (Lipinski definition) is 0. The Hall–Kier alpha value is -1.40. The van der Waals surface area contributed by atoms with Gasteiger partial charge in [0.25, 0.3) is 0 Å². The molecule has 1 amide bonds. The number of aryl methyl sites for hydroxylation is 2. The summed E-state index contributed by atoms with van der Waals surface area (Å²) in [6.07, 6.45) is 3.07. The van der Waals surface area contributed by atoms with Crippen molar-refractivity contribution in [1.29, 1.82) is 0 Å². The van der Waals surface area contributed by atoms with Crippen molar-refractivity contribution in [3.63, 3.8) is 0 Å². The second kappa shape index (κ2) is 8.53. The van der Waals surface area contributed by atoms with Gasteiger partial charge in [0.05, 0.1) is 4.90 Å². The number of amides is 1.